The number of nitrogens with two attached hydrogens (primary N) is 1. The highest BCUT2D eigenvalue weighted by atomic mass is 32.1. The monoisotopic (exact) mass is 345 g/mol. The lowest BCUT2D eigenvalue weighted by Gasteiger charge is -2.09. The summed E-state index contributed by atoms with van der Waals surface area (Å²) >= 11 is 1.18. The van der Waals surface area contributed by atoms with Gasteiger partial charge in [-0.25, -0.2) is 4.79 Å². The van der Waals surface area contributed by atoms with E-state index in [1.807, 2.05) is 0 Å². The molecule has 0 unspecified atom stereocenters. The van der Waals surface area contributed by atoms with Gasteiger partial charge in [-0.15, -0.1) is 11.3 Å². The molecule has 0 radical (unpaired) electrons. The molecule has 0 fully saturated rings. The predicted molar refractivity (Wildman–Crippen MR) is 91.5 cm³/mol. The number of aliphatic hydroxyl groups is 1. The Morgan fingerprint density at radius 3 is 2.71 bits per heavy atom. The van der Waals surface area contributed by atoms with E-state index in [4.69, 9.17) is 15.6 Å². The molecular weight excluding hydrogens is 330 g/mol. The number of aromatic nitrogens is 2. The molecule has 2 heterocycles. The number of anilines is 1. The van der Waals surface area contributed by atoms with Crippen molar-refractivity contribution in [3.63, 3.8) is 0 Å². The summed E-state index contributed by atoms with van der Waals surface area (Å²) in [4.78, 5) is 24.9. The number of fused-ring (bicyclic) bond motifs is 1. The highest BCUT2D eigenvalue weighted by Gasteiger charge is 2.21. The third-order valence-corrected chi connectivity index (χ3v) is 4.32. The molecule has 0 amide bonds. The maximum atomic E-state index is 12.7. The van der Waals surface area contributed by atoms with Crippen LogP contribution in [0.2, 0.25) is 0 Å². The van der Waals surface area contributed by atoms with Gasteiger partial charge in [0, 0.05) is 10.8 Å². The lowest BCUT2D eigenvalue weighted by molar-refractivity contribution is 0.0520. The number of hydrogen-bond acceptors (Lipinski definition) is 7. The summed E-state index contributed by atoms with van der Waals surface area (Å²) in [5, 5.41) is 15.9. The van der Waals surface area contributed by atoms with E-state index in [2.05, 4.69) is 5.10 Å². The molecule has 0 saturated heterocycles. The van der Waals surface area contributed by atoms with Gasteiger partial charge < -0.3 is 15.6 Å². The van der Waals surface area contributed by atoms with Crippen molar-refractivity contribution in [2.75, 3.05) is 12.3 Å². The van der Waals surface area contributed by atoms with E-state index in [0.29, 0.717) is 21.6 Å². The number of benzene rings is 1. The van der Waals surface area contributed by atoms with Gasteiger partial charge in [0.25, 0.3) is 5.56 Å². The first-order valence-electron chi connectivity index (χ1n) is 7.24. The standard InChI is InChI=1S/C16H15N3O4S/c1-2-23-16(22)13-11-8-24-14(17)12(11)15(21)19(18-13)10-5-3-9(7-20)4-6-10/h3-6,8,20H,2,7,17H2,1H3. The topological polar surface area (TPSA) is 107 Å². The first-order valence-corrected chi connectivity index (χ1v) is 8.12. The Hall–Kier alpha value is -2.71. The highest BCUT2D eigenvalue weighted by Crippen LogP contribution is 2.27. The van der Waals surface area contributed by atoms with Crippen LogP contribution in [0.15, 0.2) is 34.4 Å². The second kappa shape index (κ2) is 6.42. The molecule has 1 aromatic carbocycles. The van der Waals surface area contributed by atoms with Gasteiger partial charge in [-0.2, -0.15) is 9.78 Å². The molecule has 7 nitrogen and oxygen atoms in total. The normalized spacial score (nSPS) is 10.9. The molecule has 0 aliphatic rings. The molecule has 0 aliphatic heterocycles. The van der Waals surface area contributed by atoms with E-state index in [0.717, 1.165) is 4.68 Å². The van der Waals surface area contributed by atoms with Crippen molar-refractivity contribution < 1.29 is 14.6 Å². The van der Waals surface area contributed by atoms with Crippen LogP contribution < -0.4 is 11.3 Å². The van der Waals surface area contributed by atoms with Crippen molar-refractivity contribution in [3.8, 4) is 5.69 Å². The van der Waals surface area contributed by atoms with Gasteiger partial charge in [-0.1, -0.05) is 12.1 Å². The summed E-state index contributed by atoms with van der Waals surface area (Å²) in [6, 6.07) is 6.63. The number of hydrogen-bond donors (Lipinski definition) is 2. The number of aliphatic hydroxyl groups excluding tert-OH is 1. The van der Waals surface area contributed by atoms with Crippen LogP contribution in [-0.2, 0) is 11.3 Å². The lowest BCUT2D eigenvalue weighted by Crippen LogP contribution is -2.25. The minimum atomic E-state index is -0.610. The molecule has 0 bridgehead atoms. The van der Waals surface area contributed by atoms with E-state index in [1.54, 1.807) is 36.6 Å². The molecule has 0 saturated carbocycles. The zero-order valence-electron chi connectivity index (χ0n) is 12.9. The minimum Gasteiger partial charge on any atom is -0.461 e. The van der Waals surface area contributed by atoms with Crippen molar-refractivity contribution in [2.45, 2.75) is 13.5 Å². The van der Waals surface area contributed by atoms with E-state index >= 15 is 0 Å². The molecule has 3 N–H and O–H groups in total. The quantitative estimate of drug-likeness (QED) is 0.697. The second-order valence-corrected chi connectivity index (χ2v) is 5.91. The number of thiophene rings is 1. The molecule has 3 rings (SSSR count). The van der Waals surface area contributed by atoms with Crippen molar-refractivity contribution in [3.05, 3.63) is 51.3 Å². The highest BCUT2D eigenvalue weighted by molar-refractivity contribution is 7.15. The van der Waals surface area contributed by atoms with Crippen LogP contribution in [0.5, 0.6) is 0 Å². The second-order valence-electron chi connectivity index (χ2n) is 5.00. The first kappa shape index (κ1) is 16.2. The van der Waals surface area contributed by atoms with Gasteiger partial charge in [0.05, 0.1) is 29.3 Å². The van der Waals surface area contributed by atoms with Crippen molar-refractivity contribution in [1.29, 1.82) is 0 Å². The molecule has 2 aromatic heterocycles. The number of ether oxygens (including phenoxy) is 1. The molecule has 0 aliphatic carbocycles. The molecule has 3 aromatic rings. The summed E-state index contributed by atoms with van der Waals surface area (Å²) in [5.74, 6) is -0.610. The Labute approximate surface area is 140 Å². The predicted octanol–water partition coefficient (Wildman–Crippen LogP) is 1.70. The number of rotatable bonds is 4. The largest absolute Gasteiger partial charge is 0.461 e. The third-order valence-electron chi connectivity index (χ3n) is 3.51. The maximum Gasteiger partial charge on any atom is 0.359 e. The van der Waals surface area contributed by atoms with Crippen LogP contribution in [-0.4, -0.2) is 27.5 Å². The lowest BCUT2D eigenvalue weighted by atomic mass is 10.2. The summed E-state index contributed by atoms with van der Waals surface area (Å²) in [6.07, 6.45) is 0. The third kappa shape index (κ3) is 2.66. The minimum absolute atomic E-state index is 0.0469. The number of nitrogens with zero attached hydrogens (tertiary/aromatic N) is 2. The fourth-order valence-electron chi connectivity index (χ4n) is 2.34. The van der Waals surface area contributed by atoms with Crippen LogP contribution in [0.4, 0.5) is 5.00 Å². The van der Waals surface area contributed by atoms with E-state index < -0.39 is 11.5 Å². The van der Waals surface area contributed by atoms with Gasteiger partial charge in [0.15, 0.2) is 5.69 Å². The summed E-state index contributed by atoms with van der Waals surface area (Å²) < 4.78 is 6.15. The Bertz CT molecular complexity index is 960. The fraction of sp³-hybridized carbons (Fsp3) is 0.188. The number of nitrogen functional groups attached to an aromatic ring is 1. The summed E-state index contributed by atoms with van der Waals surface area (Å²) in [6.45, 7) is 1.79. The zero-order valence-corrected chi connectivity index (χ0v) is 13.7. The maximum absolute atomic E-state index is 12.7. The zero-order chi connectivity index (χ0) is 17.3. The van der Waals surface area contributed by atoms with Crippen molar-refractivity contribution in [1.82, 2.24) is 9.78 Å². The Morgan fingerprint density at radius 2 is 2.08 bits per heavy atom. The van der Waals surface area contributed by atoms with Crippen LogP contribution >= 0.6 is 11.3 Å². The number of carbonyl (C=O) groups is 1. The van der Waals surface area contributed by atoms with E-state index in [9.17, 15) is 9.59 Å². The van der Waals surface area contributed by atoms with Gasteiger partial charge in [0.1, 0.15) is 0 Å². The molecule has 8 heteroatoms. The van der Waals surface area contributed by atoms with Crippen molar-refractivity contribution in [2.24, 2.45) is 0 Å². The van der Waals surface area contributed by atoms with Gasteiger partial charge in [-0.05, 0) is 24.6 Å². The molecule has 0 spiro atoms. The first-order chi connectivity index (χ1) is 11.6. The molecular formula is C16H15N3O4S. The SMILES string of the molecule is CCOC(=O)c1nn(-c2ccc(CO)cc2)c(=O)c2c(N)scc12. The number of esters is 1. The number of carbonyl (C=O) groups excluding carboxylic acids is 1. The van der Waals surface area contributed by atoms with Crippen LogP contribution in [0, 0.1) is 0 Å². The summed E-state index contributed by atoms with van der Waals surface area (Å²) in [7, 11) is 0. The van der Waals surface area contributed by atoms with Gasteiger partial charge in [-0.3, -0.25) is 4.79 Å². The molecule has 124 valence electrons. The van der Waals surface area contributed by atoms with Crippen LogP contribution in [0.25, 0.3) is 16.5 Å². The van der Waals surface area contributed by atoms with Gasteiger partial charge in [0.2, 0.25) is 0 Å². The fourth-order valence-corrected chi connectivity index (χ4v) is 3.13. The molecule has 24 heavy (non-hydrogen) atoms. The Kier molecular flexibility index (Phi) is 4.32. The van der Waals surface area contributed by atoms with E-state index in [1.165, 1.54) is 11.3 Å². The molecule has 0 atom stereocenters. The Balaban J connectivity index is 2.27. The average molecular weight is 345 g/mol. The van der Waals surface area contributed by atoms with Gasteiger partial charge >= 0.3 is 5.97 Å². The van der Waals surface area contributed by atoms with Crippen LogP contribution in [0.1, 0.15) is 23.0 Å². The average Bonchev–Trinajstić information content (AvgIpc) is 2.98. The van der Waals surface area contributed by atoms with Crippen LogP contribution in [0.3, 0.4) is 0 Å². The smallest absolute Gasteiger partial charge is 0.359 e. The van der Waals surface area contributed by atoms with E-state index in [-0.39, 0.29) is 24.3 Å². The summed E-state index contributed by atoms with van der Waals surface area (Å²) in [5.41, 5.74) is 6.71. The Morgan fingerprint density at radius 1 is 1.38 bits per heavy atom. The van der Waals surface area contributed by atoms with Crippen molar-refractivity contribution >= 4 is 33.1 Å².